The quantitative estimate of drug-likeness (QED) is 0.155. The van der Waals surface area contributed by atoms with Crippen LogP contribution in [0.2, 0.25) is 0 Å². The number of aromatic nitrogens is 3. The number of esters is 1. The lowest BCUT2D eigenvalue weighted by Crippen LogP contribution is -2.55. The molecule has 11 heteroatoms. The van der Waals surface area contributed by atoms with E-state index in [9.17, 15) is 19.5 Å². The fraction of sp³-hybridized carbons (Fsp3) is 0.457. The van der Waals surface area contributed by atoms with Crippen LogP contribution in [-0.4, -0.2) is 83.0 Å². The summed E-state index contributed by atoms with van der Waals surface area (Å²) in [6.07, 6.45) is 7.15. The van der Waals surface area contributed by atoms with Crippen molar-refractivity contribution < 1.29 is 24.2 Å². The van der Waals surface area contributed by atoms with Gasteiger partial charge in [-0.15, -0.1) is 30.0 Å². The Morgan fingerprint density at radius 1 is 1.13 bits per heavy atom. The normalized spacial score (nSPS) is 27.0. The van der Waals surface area contributed by atoms with Gasteiger partial charge in [0.1, 0.15) is 18.2 Å². The minimum Gasteiger partial charge on any atom is -0.465 e. The van der Waals surface area contributed by atoms with Gasteiger partial charge in [0, 0.05) is 11.3 Å². The molecule has 2 aromatic carbocycles. The molecule has 2 amide bonds. The van der Waals surface area contributed by atoms with Crippen LogP contribution in [0, 0.1) is 11.8 Å². The van der Waals surface area contributed by atoms with E-state index in [1.807, 2.05) is 67.6 Å². The highest BCUT2D eigenvalue weighted by molar-refractivity contribution is 8.02. The minimum atomic E-state index is -0.936. The molecule has 1 aromatic heterocycles. The maximum absolute atomic E-state index is 15.0. The number of amides is 2. The lowest BCUT2D eigenvalue weighted by atomic mass is 9.66. The highest BCUT2D eigenvalue weighted by atomic mass is 32.2. The number of allylic oxidation sites excluding steroid dienone is 1. The Balaban J connectivity index is 1.39. The highest BCUT2D eigenvalue weighted by Crippen LogP contribution is 2.72. The summed E-state index contributed by atoms with van der Waals surface area (Å²) in [5.74, 6) is -2.43. The minimum absolute atomic E-state index is 0.0951. The van der Waals surface area contributed by atoms with Crippen LogP contribution in [0.5, 0.6) is 0 Å². The van der Waals surface area contributed by atoms with Gasteiger partial charge in [-0.1, -0.05) is 59.8 Å². The Morgan fingerprint density at radius 3 is 2.63 bits per heavy atom. The van der Waals surface area contributed by atoms with E-state index < -0.39 is 33.4 Å². The number of aliphatic hydroxyl groups is 1. The topological polar surface area (TPSA) is 118 Å². The number of likely N-dealkylation sites (tertiary alicyclic amines) is 1. The van der Waals surface area contributed by atoms with Crippen molar-refractivity contribution in [2.45, 2.75) is 67.3 Å². The maximum atomic E-state index is 15.0. The Morgan fingerprint density at radius 2 is 1.89 bits per heavy atom. The third kappa shape index (κ3) is 5.33. The van der Waals surface area contributed by atoms with Gasteiger partial charge in [0.15, 0.2) is 0 Å². The van der Waals surface area contributed by atoms with E-state index in [0.717, 1.165) is 23.9 Å². The first-order valence-electron chi connectivity index (χ1n) is 15.9. The number of fused-ring (bicyclic) bond motifs is 2. The summed E-state index contributed by atoms with van der Waals surface area (Å²) >= 11 is 1.58. The molecular formula is C35H41N5O5S. The molecule has 6 atom stereocenters. The molecule has 1 spiro atoms. The molecular weight excluding hydrogens is 602 g/mol. The lowest BCUT2D eigenvalue weighted by Gasteiger charge is -2.39. The van der Waals surface area contributed by atoms with Gasteiger partial charge in [0.05, 0.1) is 41.4 Å². The number of carbonyl (C=O) groups excluding carboxylic acids is 3. The lowest BCUT2D eigenvalue weighted by molar-refractivity contribution is -0.156. The number of ether oxygens (including phenoxy) is 1. The number of carbonyl (C=O) groups is 3. The second-order valence-electron chi connectivity index (χ2n) is 12.6. The monoisotopic (exact) mass is 643 g/mol. The summed E-state index contributed by atoms with van der Waals surface area (Å²) in [7, 11) is 0. The van der Waals surface area contributed by atoms with E-state index in [1.54, 1.807) is 32.3 Å². The number of rotatable bonds is 14. The van der Waals surface area contributed by atoms with Crippen molar-refractivity contribution in [2.75, 3.05) is 19.8 Å². The zero-order valence-electron chi connectivity index (χ0n) is 26.2. The third-order valence-electron chi connectivity index (χ3n) is 9.83. The van der Waals surface area contributed by atoms with Gasteiger partial charge in [-0.25, -0.2) is 4.68 Å². The molecule has 1 N–H and O–H groups in total. The summed E-state index contributed by atoms with van der Waals surface area (Å²) in [4.78, 5) is 46.8. The average Bonchev–Trinajstić information content (AvgIpc) is 3.77. The molecule has 3 aliphatic heterocycles. The summed E-state index contributed by atoms with van der Waals surface area (Å²) in [6, 6.07) is 15.1. The first-order chi connectivity index (χ1) is 22.3. The van der Waals surface area contributed by atoms with E-state index in [2.05, 4.69) is 23.5 Å². The summed E-state index contributed by atoms with van der Waals surface area (Å²) < 4.78 is 6.04. The van der Waals surface area contributed by atoms with Crippen LogP contribution < -0.4 is 0 Å². The zero-order chi connectivity index (χ0) is 32.5. The fourth-order valence-electron chi connectivity index (χ4n) is 7.75. The van der Waals surface area contributed by atoms with Crippen molar-refractivity contribution in [1.82, 2.24) is 24.8 Å². The first-order valence-corrected chi connectivity index (χ1v) is 16.7. The number of unbranched alkanes of at least 4 members (excludes halogenated alkanes) is 2. The first kappa shape index (κ1) is 32.0. The predicted molar refractivity (Wildman–Crippen MR) is 176 cm³/mol. The van der Waals surface area contributed by atoms with Gasteiger partial charge >= 0.3 is 5.97 Å². The number of para-hydroxylation sites is 1. The molecule has 4 heterocycles. The summed E-state index contributed by atoms with van der Waals surface area (Å²) in [5, 5.41) is 19.4. The molecule has 10 nitrogen and oxygen atoms in total. The second-order valence-corrected chi connectivity index (χ2v) is 14.5. The molecule has 6 rings (SSSR count). The van der Waals surface area contributed by atoms with Gasteiger partial charge in [-0.05, 0) is 56.7 Å². The van der Waals surface area contributed by atoms with Crippen molar-refractivity contribution in [2.24, 2.45) is 11.8 Å². The van der Waals surface area contributed by atoms with Crippen LogP contribution in [0.3, 0.4) is 0 Å². The van der Waals surface area contributed by atoms with Crippen molar-refractivity contribution in [3.8, 4) is 0 Å². The average molecular weight is 644 g/mol. The van der Waals surface area contributed by atoms with E-state index >= 15 is 0 Å². The van der Waals surface area contributed by atoms with E-state index in [-0.39, 0.29) is 44.2 Å². The molecule has 2 bridgehead atoms. The fourth-order valence-corrected chi connectivity index (χ4v) is 10.1. The number of nitrogens with zero attached hydrogens (tertiary/aromatic N) is 5. The smallest absolute Gasteiger partial charge is 0.311 e. The van der Waals surface area contributed by atoms with Crippen LogP contribution in [0.25, 0.3) is 11.0 Å². The molecule has 242 valence electrons. The van der Waals surface area contributed by atoms with Gasteiger partial charge in [-0.3, -0.25) is 14.4 Å². The van der Waals surface area contributed by atoms with Gasteiger partial charge in [-0.2, -0.15) is 0 Å². The molecule has 2 unspecified atom stereocenters. The van der Waals surface area contributed by atoms with Crippen LogP contribution >= 0.6 is 11.8 Å². The SMILES string of the molecule is C=CCCCCOC(=O)[C@@H]1[C@H]2C(=O)N([C@H](CO)c3ccccc3)C(C(=O)N(CC=C)Cn3nnc4ccccc43)C23CC[C@@]1(C)S3. The zero-order valence-corrected chi connectivity index (χ0v) is 27.0. The van der Waals surface area contributed by atoms with Crippen LogP contribution in [0.1, 0.15) is 50.6 Å². The van der Waals surface area contributed by atoms with Crippen molar-refractivity contribution in [1.29, 1.82) is 0 Å². The largest absolute Gasteiger partial charge is 0.465 e. The van der Waals surface area contributed by atoms with Crippen molar-refractivity contribution in [3.05, 3.63) is 85.5 Å². The van der Waals surface area contributed by atoms with E-state index in [1.165, 1.54) is 0 Å². The van der Waals surface area contributed by atoms with Gasteiger partial charge in [0.2, 0.25) is 11.8 Å². The number of aliphatic hydroxyl groups excluding tert-OH is 1. The second kappa shape index (κ2) is 13.0. The third-order valence-corrected chi connectivity index (χ3v) is 11.8. The molecule has 46 heavy (non-hydrogen) atoms. The van der Waals surface area contributed by atoms with Crippen LogP contribution in [-0.2, 0) is 25.8 Å². The number of hydrogen-bond donors (Lipinski definition) is 1. The van der Waals surface area contributed by atoms with Gasteiger partial charge < -0.3 is 19.6 Å². The van der Waals surface area contributed by atoms with Crippen molar-refractivity contribution >= 4 is 40.6 Å². The van der Waals surface area contributed by atoms with Crippen LogP contribution in [0.4, 0.5) is 0 Å². The Bertz CT molecular complexity index is 1630. The van der Waals surface area contributed by atoms with E-state index in [0.29, 0.717) is 24.8 Å². The Hall–Kier alpha value is -3.96. The molecule has 0 saturated carbocycles. The van der Waals surface area contributed by atoms with E-state index in [4.69, 9.17) is 4.74 Å². The number of benzene rings is 2. The Labute approximate surface area is 273 Å². The molecule has 3 fully saturated rings. The van der Waals surface area contributed by atoms with Gasteiger partial charge in [0.25, 0.3) is 0 Å². The Kier molecular flexibility index (Phi) is 9.07. The molecule has 3 saturated heterocycles. The molecule has 0 radical (unpaired) electrons. The predicted octanol–water partition coefficient (Wildman–Crippen LogP) is 4.52. The van der Waals surface area contributed by atoms with Crippen molar-refractivity contribution in [3.63, 3.8) is 0 Å². The number of hydrogen-bond acceptors (Lipinski definition) is 8. The molecule has 3 aliphatic rings. The highest BCUT2D eigenvalue weighted by Gasteiger charge is 2.78. The maximum Gasteiger partial charge on any atom is 0.311 e. The molecule has 0 aliphatic carbocycles. The summed E-state index contributed by atoms with van der Waals surface area (Å²) in [6.45, 7) is 9.88. The standard InChI is InChI=1S/C35H41N5O5S/c1-4-6-7-13-21-45-33(44)29-28-31(42)40(27(22-41)24-14-9-8-10-15-24)30(35(28)19-18-34(29,3)46-35)32(43)38(20-5-2)23-39-26-17-12-11-16-25(26)36-37-39/h4-5,8-12,14-17,27-30,41H,1-2,6-7,13,18-23H2,3H3/t27-,28+,29+,30?,34-,35?/m1/s1. The molecule has 3 aromatic rings. The summed E-state index contributed by atoms with van der Waals surface area (Å²) in [5.41, 5.74) is 2.20. The van der Waals surface area contributed by atoms with Crippen LogP contribution in [0.15, 0.2) is 79.9 Å². The number of thioether (sulfide) groups is 1.